The molecule has 0 bridgehead atoms. The van der Waals surface area contributed by atoms with E-state index in [4.69, 9.17) is 15.0 Å². The van der Waals surface area contributed by atoms with Gasteiger partial charge in [-0.1, -0.05) is 152 Å². The summed E-state index contributed by atoms with van der Waals surface area (Å²) >= 11 is 0. The maximum absolute atomic E-state index is 5.15. The molecule has 0 aliphatic heterocycles. The van der Waals surface area contributed by atoms with Gasteiger partial charge in [-0.05, 0) is 64.7 Å². The lowest BCUT2D eigenvalue weighted by Crippen LogP contribution is -2.02. The number of hydrogen-bond donors (Lipinski definition) is 0. The number of benzene rings is 9. The summed E-state index contributed by atoms with van der Waals surface area (Å²) in [5.74, 6) is 1.90. The molecule has 0 saturated carbocycles. The van der Waals surface area contributed by atoms with Crippen LogP contribution in [0, 0.1) is 0 Å². The van der Waals surface area contributed by atoms with Gasteiger partial charge in [-0.25, -0.2) is 15.0 Å². The predicted molar refractivity (Wildman–Crippen MR) is 240 cm³/mol. The van der Waals surface area contributed by atoms with Gasteiger partial charge >= 0.3 is 0 Å². The van der Waals surface area contributed by atoms with Crippen molar-refractivity contribution in [2.24, 2.45) is 0 Å². The van der Waals surface area contributed by atoms with Crippen molar-refractivity contribution in [3.63, 3.8) is 0 Å². The van der Waals surface area contributed by atoms with E-state index in [0.29, 0.717) is 17.5 Å². The Hall–Kier alpha value is -7.89. The third-order valence-electron chi connectivity index (χ3n) is 11.5. The fraction of sp³-hybridized carbons (Fsp3) is 0. The summed E-state index contributed by atoms with van der Waals surface area (Å²) in [5, 5.41) is 9.56. The molecule has 5 nitrogen and oxygen atoms in total. The van der Waals surface area contributed by atoms with Crippen molar-refractivity contribution in [2.75, 3.05) is 0 Å². The first kappa shape index (κ1) is 32.4. The lowest BCUT2D eigenvalue weighted by atomic mass is 10.0. The van der Waals surface area contributed by atoms with Gasteiger partial charge in [0.15, 0.2) is 17.5 Å². The molecule has 0 amide bonds. The molecule has 0 unspecified atom stereocenters. The second-order valence-corrected chi connectivity index (χ2v) is 14.9. The molecule has 0 atom stereocenters. The van der Waals surface area contributed by atoms with Crippen LogP contribution in [0.15, 0.2) is 200 Å². The Bertz CT molecular complexity index is 3510. The van der Waals surface area contributed by atoms with Gasteiger partial charge in [0.05, 0.1) is 27.8 Å². The number of hydrogen-bond acceptors (Lipinski definition) is 3. The summed E-state index contributed by atoms with van der Waals surface area (Å²) in [4.78, 5) is 15.3. The highest BCUT2D eigenvalue weighted by Gasteiger charge is 2.21. The van der Waals surface area contributed by atoms with Gasteiger partial charge in [0.2, 0.25) is 0 Å². The minimum Gasteiger partial charge on any atom is -0.309 e. The zero-order chi connectivity index (χ0) is 38.2. The highest BCUT2D eigenvalue weighted by atomic mass is 15.0. The Labute approximate surface area is 333 Å². The molecular weight excluding hydrogens is 707 g/mol. The van der Waals surface area contributed by atoms with E-state index in [2.05, 4.69) is 173 Å². The van der Waals surface area contributed by atoms with Crippen LogP contribution in [0.2, 0.25) is 0 Å². The van der Waals surface area contributed by atoms with Crippen molar-refractivity contribution >= 4 is 65.2 Å². The summed E-state index contributed by atoms with van der Waals surface area (Å²) in [7, 11) is 0. The molecule has 0 spiro atoms. The molecule has 58 heavy (non-hydrogen) atoms. The molecule has 12 aromatic rings. The first-order valence-electron chi connectivity index (χ1n) is 19.6. The van der Waals surface area contributed by atoms with E-state index in [1.54, 1.807) is 0 Å². The van der Waals surface area contributed by atoms with Crippen LogP contribution in [-0.4, -0.2) is 24.1 Å². The third kappa shape index (κ3) is 5.07. The van der Waals surface area contributed by atoms with Crippen LogP contribution in [0.1, 0.15) is 0 Å². The SMILES string of the molecule is c1ccc(-c2nc(-c3ccccc3)nc(-c3cc(-n4c5ccccc5c5cc6c7ccccc7n(-c7ccc8ccccc8c7)c6cc54)c4ccccc4c3)n2)cc1. The molecule has 3 heterocycles. The monoisotopic (exact) mass is 739 g/mol. The Morgan fingerprint density at radius 1 is 0.276 bits per heavy atom. The molecule has 0 aliphatic carbocycles. The summed E-state index contributed by atoms with van der Waals surface area (Å²) in [6.45, 7) is 0. The maximum atomic E-state index is 5.15. The summed E-state index contributed by atoms with van der Waals surface area (Å²) < 4.78 is 4.86. The van der Waals surface area contributed by atoms with Gasteiger partial charge in [0.1, 0.15) is 0 Å². The van der Waals surface area contributed by atoms with Crippen molar-refractivity contribution in [1.29, 1.82) is 0 Å². The van der Waals surface area contributed by atoms with Crippen molar-refractivity contribution < 1.29 is 0 Å². The molecule has 0 saturated heterocycles. The van der Waals surface area contributed by atoms with Crippen LogP contribution in [0.3, 0.4) is 0 Å². The van der Waals surface area contributed by atoms with Gasteiger partial charge in [0, 0.05) is 49.3 Å². The maximum Gasteiger partial charge on any atom is 0.164 e. The average Bonchev–Trinajstić information content (AvgIpc) is 3.80. The van der Waals surface area contributed by atoms with Crippen LogP contribution in [-0.2, 0) is 0 Å². The lowest BCUT2D eigenvalue weighted by Gasteiger charge is -2.15. The number of rotatable bonds is 5. The minimum absolute atomic E-state index is 0.624. The van der Waals surface area contributed by atoms with Crippen molar-refractivity contribution in [3.05, 3.63) is 200 Å². The van der Waals surface area contributed by atoms with E-state index in [1.807, 2.05) is 36.4 Å². The van der Waals surface area contributed by atoms with Crippen LogP contribution in [0.5, 0.6) is 0 Å². The molecule has 12 rings (SSSR count). The van der Waals surface area contributed by atoms with Crippen LogP contribution >= 0.6 is 0 Å². The molecule has 9 aromatic carbocycles. The van der Waals surface area contributed by atoms with Crippen molar-refractivity contribution in [1.82, 2.24) is 24.1 Å². The van der Waals surface area contributed by atoms with Gasteiger partial charge in [-0.3, -0.25) is 0 Å². The molecule has 0 fully saturated rings. The minimum atomic E-state index is 0.624. The highest BCUT2D eigenvalue weighted by molar-refractivity contribution is 6.19. The summed E-state index contributed by atoms with van der Waals surface area (Å²) in [6, 6.07) is 71.1. The molecule has 0 aliphatic rings. The standard InChI is InChI=1S/C53H33N5/c1-3-16-35(17-4-1)51-54-52(36-18-5-2-6-19-36)56-53(55-51)39-29-38-21-9-10-22-41(38)48(31-39)58-47-26-14-12-24-43(47)45-32-44-42-23-11-13-25-46(42)57(49(44)33-50(45)58)40-28-27-34-15-7-8-20-37(34)30-40/h1-33H. The number of nitrogens with zero attached hydrogens (tertiary/aromatic N) is 5. The predicted octanol–water partition coefficient (Wildman–Crippen LogP) is 13.4. The van der Waals surface area contributed by atoms with E-state index < -0.39 is 0 Å². The van der Waals surface area contributed by atoms with Crippen LogP contribution in [0.4, 0.5) is 0 Å². The van der Waals surface area contributed by atoms with E-state index in [0.717, 1.165) is 55.4 Å². The molecule has 0 radical (unpaired) electrons. The van der Waals surface area contributed by atoms with Crippen molar-refractivity contribution in [3.8, 4) is 45.5 Å². The van der Waals surface area contributed by atoms with Crippen LogP contribution < -0.4 is 0 Å². The number of para-hydroxylation sites is 2. The fourth-order valence-corrected chi connectivity index (χ4v) is 8.83. The molecule has 0 N–H and O–H groups in total. The second kappa shape index (κ2) is 12.8. The quantitative estimate of drug-likeness (QED) is 0.177. The molecule has 5 heteroatoms. The zero-order valence-corrected chi connectivity index (χ0v) is 31.3. The Kier molecular flexibility index (Phi) is 7.16. The van der Waals surface area contributed by atoms with Gasteiger partial charge in [0.25, 0.3) is 0 Å². The Balaban J connectivity index is 1.16. The van der Waals surface area contributed by atoms with E-state index in [-0.39, 0.29) is 0 Å². The van der Waals surface area contributed by atoms with E-state index >= 15 is 0 Å². The van der Waals surface area contributed by atoms with Crippen LogP contribution in [0.25, 0.3) is 111 Å². The zero-order valence-electron chi connectivity index (χ0n) is 31.3. The fourth-order valence-electron chi connectivity index (χ4n) is 8.83. The Morgan fingerprint density at radius 3 is 1.43 bits per heavy atom. The summed E-state index contributed by atoms with van der Waals surface area (Å²) in [6.07, 6.45) is 0. The second-order valence-electron chi connectivity index (χ2n) is 14.9. The highest BCUT2D eigenvalue weighted by Crippen LogP contribution is 2.42. The topological polar surface area (TPSA) is 48.5 Å². The molecular formula is C53H33N5. The van der Waals surface area contributed by atoms with Gasteiger partial charge in [-0.2, -0.15) is 0 Å². The largest absolute Gasteiger partial charge is 0.309 e. The van der Waals surface area contributed by atoms with E-state index in [1.165, 1.54) is 37.8 Å². The summed E-state index contributed by atoms with van der Waals surface area (Å²) in [5.41, 5.74) is 9.62. The molecule has 270 valence electrons. The first-order chi connectivity index (χ1) is 28.7. The number of fused-ring (bicyclic) bond motifs is 8. The van der Waals surface area contributed by atoms with Gasteiger partial charge < -0.3 is 9.13 Å². The third-order valence-corrected chi connectivity index (χ3v) is 11.5. The lowest BCUT2D eigenvalue weighted by molar-refractivity contribution is 1.07. The smallest absolute Gasteiger partial charge is 0.164 e. The Morgan fingerprint density at radius 2 is 0.776 bits per heavy atom. The average molecular weight is 740 g/mol. The van der Waals surface area contributed by atoms with Crippen molar-refractivity contribution in [2.45, 2.75) is 0 Å². The van der Waals surface area contributed by atoms with E-state index in [9.17, 15) is 0 Å². The number of aromatic nitrogens is 5. The molecule has 3 aromatic heterocycles. The first-order valence-corrected chi connectivity index (χ1v) is 19.6. The van der Waals surface area contributed by atoms with Gasteiger partial charge in [-0.15, -0.1) is 0 Å². The normalized spacial score (nSPS) is 11.8.